The van der Waals surface area contributed by atoms with Crippen molar-refractivity contribution in [3.05, 3.63) is 11.6 Å². The smallest absolute Gasteiger partial charge is 0.334 e. The van der Waals surface area contributed by atoms with Crippen molar-refractivity contribution in [2.75, 3.05) is 0 Å². The number of cyclic esters (lactones) is 2. The predicted octanol–water partition coefficient (Wildman–Crippen LogP) is 5.24. The molecule has 0 radical (unpaired) electrons. The van der Waals surface area contributed by atoms with Gasteiger partial charge in [0.1, 0.15) is 18.3 Å². The van der Waals surface area contributed by atoms with E-state index in [2.05, 4.69) is 0 Å². The molecule has 0 saturated carbocycles. The summed E-state index contributed by atoms with van der Waals surface area (Å²) in [6, 6.07) is 0. The predicted molar refractivity (Wildman–Crippen MR) is 113 cm³/mol. The van der Waals surface area contributed by atoms with Gasteiger partial charge in [-0.05, 0) is 39.2 Å². The molecule has 0 bridgehead atoms. The first kappa shape index (κ1) is 23.9. The fourth-order valence-electron chi connectivity index (χ4n) is 4.36. The Morgan fingerprint density at radius 2 is 1.31 bits per heavy atom. The summed E-state index contributed by atoms with van der Waals surface area (Å²) in [6.45, 7) is 3.67. The Balaban J connectivity index is 1.31. The second-order valence-corrected chi connectivity index (χ2v) is 8.82. The van der Waals surface area contributed by atoms with E-state index in [1.54, 1.807) is 6.92 Å². The highest BCUT2D eigenvalue weighted by Crippen LogP contribution is 2.26. The molecule has 1 saturated heterocycles. The Kier molecular flexibility index (Phi) is 10.8. The average molecular weight is 409 g/mol. The van der Waals surface area contributed by atoms with Crippen LogP contribution < -0.4 is 0 Å². The normalized spacial score (nSPS) is 26.5. The zero-order chi connectivity index (χ0) is 21.1. The van der Waals surface area contributed by atoms with Crippen molar-refractivity contribution in [3.63, 3.8) is 0 Å². The van der Waals surface area contributed by atoms with Crippen LogP contribution in [0.2, 0.25) is 0 Å². The Morgan fingerprint density at radius 3 is 1.76 bits per heavy atom. The third-order valence-corrected chi connectivity index (χ3v) is 6.20. The minimum absolute atomic E-state index is 0.0414. The Labute approximate surface area is 176 Å². The minimum atomic E-state index is -0.623. The van der Waals surface area contributed by atoms with Gasteiger partial charge in [-0.15, -0.1) is 0 Å². The quantitative estimate of drug-likeness (QED) is 0.296. The van der Waals surface area contributed by atoms with E-state index in [9.17, 15) is 14.7 Å². The van der Waals surface area contributed by atoms with E-state index < -0.39 is 6.10 Å². The van der Waals surface area contributed by atoms with Crippen LogP contribution in [-0.4, -0.2) is 35.4 Å². The van der Waals surface area contributed by atoms with Gasteiger partial charge < -0.3 is 14.6 Å². The lowest BCUT2D eigenvalue weighted by atomic mass is 9.95. The van der Waals surface area contributed by atoms with Crippen LogP contribution in [0.15, 0.2) is 11.6 Å². The zero-order valence-corrected chi connectivity index (χ0v) is 18.4. The molecule has 29 heavy (non-hydrogen) atoms. The molecule has 2 rings (SSSR count). The van der Waals surface area contributed by atoms with E-state index in [4.69, 9.17) is 9.47 Å². The molecular formula is C24H40O5. The van der Waals surface area contributed by atoms with Crippen LogP contribution in [0, 0.1) is 5.92 Å². The van der Waals surface area contributed by atoms with Crippen molar-refractivity contribution in [1.29, 1.82) is 0 Å². The first-order valence-electron chi connectivity index (χ1n) is 11.8. The van der Waals surface area contributed by atoms with E-state index in [0.717, 1.165) is 37.7 Å². The molecule has 1 fully saturated rings. The van der Waals surface area contributed by atoms with Crippen LogP contribution in [0.4, 0.5) is 0 Å². The number of carbonyl (C=O) groups excluding carboxylic acids is 2. The summed E-state index contributed by atoms with van der Waals surface area (Å²) in [6.07, 6.45) is 17.2. The summed E-state index contributed by atoms with van der Waals surface area (Å²) in [5.41, 5.74) is 0.867. The SMILES string of the molecule is C[C@@H]1C=C(CCCCCCCCCCCCCC[C@@H]2C(=O)O[C@H](C)[C@@H]2O)C(=O)O1. The number of carbonyl (C=O) groups is 2. The third kappa shape index (κ3) is 8.49. The molecule has 0 aliphatic carbocycles. The average Bonchev–Trinajstić information content (AvgIpc) is 3.13. The standard InChI is InChI=1S/C24H40O5/c1-18-17-20(23(26)28-18)15-13-11-9-7-5-3-4-6-8-10-12-14-16-21-22(25)19(2)29-24(21)27/h17-19,21-22,25H,3-16H2,1-2H3/t18-,19-,21+,22+/m1/s1. The Hall–Kier alpha value is -1.36. The van der Waals surface area contributed by atoms with E-state index in [1.807, 2.05) is 13.0 Å². The number of aliphatic hydroxyl groups is 1. The molecule has 1 N–H and O–H groups in total. The molecule has 2 heterocycles. The molecule has 0 spiro atoms. The van der Waals surface area contributed by atoms with Crippen molar-refractivity contribution < 1.29 is 24.2 Å². The zero-order valence-electron chi connectivity index (χ0n) is 18.4. The van der Waals surface area contributed by atoms with E-state index in [-0.39, 0.29) is 30.1 Å². The number of unbranched alkanes of at least 4 members (excludes halogenated alkanes) is 11. The van der Waals surface area contributed by atoms with Crippen molar-refractivity contribution in [2.24, 2.45) is 5.92 Å². The summed E-state index contributed by atoms with van der Waals surface area (Å²) in [5.74, 6) is -0.652. The van der Waals surface area contributed by atoms with Crippen molar-refractivity contribution in [3.8, 4) is 0 Å². The van der Waals surface area contributed by atoms with Gasteiger partial charge in [-0.25, -0.2) is 4.79 Å². The van der Waals surface area contributed by atoms with Gasteiger partial charge in [0.15, 0.2) is 0 Å². The van der Waals surface area contributed by atoms with E-state index in [0.29, 0.717) is 0 Å². The lowest BCUT2D eigenvalue weighted by molar-refractivity contribution is -0.144. The van der Waals surface area contributed by atoms with Gasteiger partial charge in [0, 0.05) is 5.57 Å². The van der Waals surface area contributed by atoms with Gasteiger partial charge in [0.05, 0.1) is 5.92 Å². The highest BCUT2D eigenvalue weighted by molar-refractivity contribution is 5.90. The molecule has 2 aliphatic heterocycles. The maximum atomic E-state index is 11.6. The van der Waals surface area contributed by atoms with Gasteiger partial charge in [0.25, 0.3) is 0 Å². The molecule has 0 aromatic rings. The van der Waals surface area contributed by atoms with E-state index in [1.165, 1.54) is 57.8 Å². The summed E-state index contributed by atoms with van der Waals surface area (Å²) >= 11 is 0. The number of ether oxygens (including phenoxy) is 2. The van der Waals surface area contributed by atoms with Crippen LogP contribution in [0.3, 0.4) is 0 Å². The topological polar surface area (TPSA) is 72.8 Å². The summed E-state index contributed by atoms with van der Waals surface area (Å²) in [4.78, 5) is 23.1. The minimum Gasteiger partial charge on any atom is -0.460 e. The van der Waals surface area contributed by atoms with Gasteiger partial charge in [-0.1, -0.05) is 70.6 Å². The second kappa shape index (κ2) is 13.0. The van der Waals surface area contributed by atoms with Gasteiger partial charge in [-0.3, -0.25) is 4.79 Å². The van der Waals surface area contributed by atoms with Crippen LogP contribution in [0.25, 0.3) is 0 Å². The van der Waals surface area contributed by atoms with E-state index >= 15 is 0 Å². The largest absolute Gasteiger partial charge is 0.460 e. The van der Waals surface area contributed by atoms with Crippen molar-refractivity contribution in [1.82, 2.24) is 0 Å². The summed E-state index contributed by atoms with van der Waals surface area (Å²) in [5, 5.41) is 9.92. The molecule has 166 valence electrons. The number of esters is 2. The van der Waals surface area contributed by atoms with Gasteiger partial charge >= 0.3 is 11.9 Å². The lowest BCUT2D eigenvalue weighted by Gasteiger charge is -2.11. The molecule has 2 aliphatic rings. The number of rotatable bonds is 15. The van der Waals surface area contributed by atoms with Gasteiger partial charge in [0.2, 0.25) is 0 Å². The highest BCUT2D eigenvalue weighted by atomic mass is 16.6. The van der Waals surface area contributed by atoms with Crippen LogP contribution in [-0.2, 0) is 19.1 Å². The van der Waals surface area contributed by atoms with Crippen LogP contribution >= 0.6 is 0 Å². The molecule has 0 unspecified atom stereocenters. The third-order valence-electron chi connectivity index (χ3n) is 6.20. The number of aliphatic hydroxyl groups excluding tert-OH is 1. The molecule has 4 atom stereocenters. The van der Waals surface area contributed by atoms with Crippen molar-refractivity contribution >= 4 is 11.9 Å². The first-order chi connectivity index (χ1) is 14.0. The fraction of sp³-hybridized carbons (Fsp3) is 0.833. The molecule has 0 aromatic heterocycles. The van der Waals surface area contributed by atoms with Crippen LogP contribution in [0.5, 0.6) is 0 Å². The molecule has 0 aromatic carbocycles. The second-order valence-electron chi connectivity index (χ2n) is 8.82. The summed E-state index contributed by atoms with van der Waals surface area (Å²) < 4.78 is 10.2. The molecule has 0 amide bonds. The maximum absolute atomic E-state index is 11.6. The Bertz CT molecular complexity index is 541. The monoisotopic (exact) mass is 408 g/mol. The fourth-order valence-corrected chi connectivity index (χ4v) is 4.36. The van der Waals surface area contributed by atoms with Crippen molar-refractivity contribution in [2.45, 2.75) is 122 Å². The first-order valence-corrected chi connectivity index (χ1v) is 11.8. The maximum Gasteiger partial charge on any atom is 0.334 e. The molecular weight excluding hydrogens is 368 g/mol. The Morgan fingerprint density at radius 1 is 0.793 bits per heavy atom. The van der Waals surface area contributed by atoms with Crippen LogP contribution in [0.1, 0.15) is 104 Å². The van der Waals surface area contributed by atoms with Gasteiger partial charge in [-0.2, -0.15) is 0 Å². The summed E-state index contributed by atoms with van der Waals surface area (Å²) in [7, 11) is 0. The lowest BCUT2D eigenvalue weighted by Crippen LogP contribution is -2.24. The number of hydrogen-bond acceptors (Lipinski definition) is 5. The molecule has 5 heteroatoms. The number of hydrogen-bond donors (Lipinski definition) is 1. The molecule has 5 nitrogen and oxygen atoms in total. The highest BCUT2D eigenvalue weighted by Gasteiger charge is 2.40.